The molecular formula is C19H29NO5. The van der Waals surface area contributed by atoms with Crippen molar-refractivity contribution < 1.29 is 24.2 Å². The van der Waals surface area contributed by atoms with Crippen LogP contribution in [0, 0.1) is 5.92 Å². The standard InChI is InChI=1S/C19H29NO5/c1-3-6-15(20-25-9-4-2)19-16(21)12-14(13-17(19)22)7-8-18-23-10-5-11-24-18/h4,14,18,21H,2-3,5-13H2,1H3/b20-15-. The van der Waals surface area contributed by atoms with E-state index in [2.05, 4.69) is 11.7 Å². The molecule has 2 aliphatic rings. The zero-order valence-electron chi connectivity index (χ0n) is 15.0. The molecule has 0 radical (unpaired) electrons. The number of hydrogen-bond donors (Lipinski definition) is 1. The van der Waals surface area contributed by atoms with Gasteiger partial charge in [-0.25, -0.2) is 0 Å². The topological polar surface area (TPSA) is 77.3 Å². The summed E-state index contributed by atoms with van der Waals surface area (Å²) in [7, 11) is 0. The maximum atomic E-state index is 12.6. The van der Waals surface area contributed by atoms with Gasteiger partial charge in [-0.1, -0.05) is 31.2 Å². The van der Waals surface area contributed by atoms with E-state index in [4.69, 9.17) is 14.3 Å². The highest BCUT2D eigenvalue weighted by Gasteiger charge is 2.31. The summed E-state index contributed by atoms with van der Waals surface area (Å²) in [6.45, 7) is 7.30. The van der Waals surface area contributed by atoms with Gasteiger partial charge < -0.3 is 19.4 Å². The van der Waals surface area contributed by atoms with Crippen molar-refractivity contribution >= 4 is 11.5 Å². The maximum absolute atomic E-state index is 12.6. The van der Waals surface area contributed by atoms with E-state index in [1.54, 1.807) is 6.08 Å². The van der Waals surface area contributed by atoms with Crippen molar-refractivity contribution in [3.63, 3.8) is 0 Å². The van der Waals surface area contributed by atoms with Crippen molar-refractivity contribution in [3.05, 3.63) is 24.0 Å². The fraction of sp³-hybridized carbons (Fsp3) is 0.684. The number of ketones is 1. The molecular weight excluding hydrogens is 322 g/mol. The zero-order chi connectivity index (χ0) is 18.1. The van der Waals surface area contributed by atoms with Gasteiger partial charge in [-0.05, 0) is 31.6 Å². The Hall–Kier alpha value is -1.66. The van der Waals surface area contributed by atoms with Crippen molar-refractivity contribution in [3.8, 4) is 0 Å². The lowest BCUT2D eigenvalue weighted by Gasteiger charge is -2.27. The third kappa shape index (κ3) is 5.97. The Morgan fingerprint density at radius 2 is 2.12 bits per heavy atom. The monoisotopic (exact) mass is 351 g/mol. The molecule has 0 aromatic heterocycles. The first-order chi connectivity index (χ1) is 12.2. The van der Waals surface area contributed by atoms with Crippen molar-refractivity contribution in [2.75, 3.05) is 19.8 Å². The average Bonchev–Trinajstić information content (AvgIpc) is 2.60. The van der Waals surface area contributed by atoms with Crippen LogP contribution in [-0.2, 0) is 19.1 Å². The lowest BCUT2D eigenvalue weighted by atomic mass is 9.82. The van der Waals surface area contributed by atoms with Gasteiger partial charge in [-0.2, -0.15) is 0 Å². The molecule has 1 fully saturated rings. The summed E-state index contributed by atoms with van der Waals surface area (Å²) in [5, 5.41) is 14.5. The maximum Gasteiger partial charge on any atom is 0.168 e. The third-order valence-corrected chi connectivity index (χ3v) is 4.37. The fourth-order valence-electron chi connectivity index (χ4n) is 3.20. The van der Waals surface area contributed by atoms with Gasteiger partial charge >= 0.3 is 0 Å². The van der Waals surface area contributed by atoms with Crippen LogP contribution in [0.5, 0.6) is 0 Å². The van der Waals surface area contributed by atoms with Crippen LogP contribution in [0.15, 0.2) is 29.1 Å². The number of nitrogens with zero attached hydrogens (tertiary/aromatic N) is 1. The largest absolute Gasteiger partial charge is 0.511 e. The van der Waals surface area contributed by atoms with Gasteiger partial charge in [-0.15, -0.1) is 0 Å². The molecule has 0 amide bonds. The van der Waals surface area contributed by atoms with Crippen molar-refractivity contribution in [1.82, 2.24) is 0 Å². The molecule has 1 unspecified atom stereocenters. The summed E-state index contributed by atoms with van der Waals surface area (Å²) in [4.78, 5) is 17.7. The van der Waals surface area contributed by atoms with E-state index in [0.717, 1.165) is 38.9 Å². The highest BCUT2D eigenvalue weighted by molar-refractivity contribution is 6.23. The third-order valence-electron chi connectivity index (χ3n) is 4.37. The van der Waals surface area contributed by atoms with E-state index in [1.807, 2.05) is 6.92 Å². The molecule has 1 atom stereocenters. The first-order valence-electron chi connectivity index (χ1n) is 9.14. The summed E-state index contributed by atoms with van der Waals surface area (Å²) >= 11 is 0. The van der Waals surface area contributed by atoms with Gasteiger partial charge in [0.1, 0.15) is 12.4 Å². The normalized spacial score (nSPS) is 23.0. The molecule has 140 valence electrons. The van der Waals surface area contributed by atoms with E-state index in [9.17, 15) is 9.90 Å². The number of rotatable bonds is 9. The SMILES string of the molecule is C=CCO/N=C(/CCC)C1=C(O)CC(CCC2OCCCO2)CC1=O. The summed E-state index contributed by atoms with van der Waals surface area (Å²) in [6, 6.07) is 0. The van der Waals surface area contributed by atoms with Crippen LogP contribution in [0.25, 0.3) is 0 Å². The van der Waals surface area contributed by atoms with Gasteiger partial charge in [0.05, 0.1) is 24.5 Å². The van der Waals surface area contributed by atoms with Crippen LogP contribution in [0.2, 0.25) is 0 Å². The highest BCUT2D eigenvalue weighted by Crippen LogP contribution is 2.31. The van der Waals surface area contributed by atoms with Crippen LogP contribution in [0.3, 0.4) is 0 Å². The van der Waals surface area contributed by atoms with Crippen molar-refractivity contribution in [2.45, 2.75) is 58.2 Å². The molecule has 25 heavy (non-hydrogen) atoms. The first-order valence-corrected chi connectivity index (χ1v) is 9.14. The Morgan fingerprint density at radius 1 is 1.36 bits per heavy atom. The molecule has 6 nitrogen and oxygen atoms in total. The highest BCUT2D eigenvalue weighted by atomic mass is 16.7. The number of carbonyl (C=O) groups is 1. The average molecular weight is 351 g/mol. The summed E-state index contributed by atoms with van der Waals surface area (Å²) in [6.07, 6.45) is 6.19. The van der Waals surface area contributed by atoms with Crippen LogP contribution in [0.4, 0.5) is 0 Å². The summed E-state index contributed by atoms with van der Waals surface area (Å²) in [5.74, 6) is 0.178. The molecule has 0 bridgehead atoms. The van der Waals surface area contributed by atoms with Gasteiger partial charge in [0.15, 0.2) is 12.1 Å². The van der Waals surface area contributed by atoms with Gasteiger partial charge in [0.25, 0.3) is 0 Å². The molecule has 6 heteroatoms. The van der Waals surface area contributed by atoms with Crippen LogP contribution in [0.1, 0.15) is 51.9 Å². The molecule has 0 aromatic rings. The Labute approximate surface area is 149 Å². The number of ether oxygens (including phenoxy) is 2. The van der Waals surface area contributed by atoms with Crippen LogP contribution >= 0.6 is 0 Å². The minimum absolute atomic E-state index is 0.0615. The van der Waals surface area contributed by atoms with Crippen LogP contribution in [-0.4, -0.2) is 42.7 Å². The minimum atomic E-state index is -0.180. The number of carbonyl (C=O) groups excluding carboxylic acids is 1. The van der Waals surface area contributed by atoms with E-state index in [1.165, 1.54) is 0 Å². The van der Waals surface area contributed by atoms with E-state index in [0.29, 0.717) is 30.5 Å². The Morgan fingerprint density at radius 3 is 2.76 bits per heavy atom. The van der Waals surface area contributed by atoms with Gasteiger partial charge in [-0.3, -0.25) is 4.79 Å². The zero-order valence-corrected chi connectivity index (χ0v) is 15.0. The smallest absolute Gasteiger partial charge is 0.168 e. The lowest BCUT2D eigenvalue weighted by Crippen LogP contribution is -2.28. The Bertz CT molecular complexity index is 520. The first kappa shape index (κ1) is 19.7. The molecule has 0 saturated carbocycles. The van der Waals surface area contributed by atoms with Crippen molar-refractivity contribution in [1.29, 1.82) is 0 Å². The molecule has 0 aromatic carbocycles. The summed E-state index contributed by atoms with van der Waals surface area (Å²) < 4.78 is 11.1. The number of aliphatic hydroxyl groups excluding tert-OH is 1. The second-order valence-electron chi connectivity index (χ2n) is 6.49. The molecule has 1 aliphatic heterocycles. The molecule has 1 N–H and O–H groups in total. The molecule has 1 aliphatic carbocycles. The van der Waals surface area contributed by atoms with E-state index >= 15 is 0 Å². The molecule has 1 saturated heterocycles. The number of allylic oxidation sites excluding steroid dienone is 2. The number of aliphatic hydroxyl groups is 1. The second-order valence-corrected chi connectivity index (χ2v) is 6.49. The van der Waals surface area contributed by atoms with Crippen LogP contribution < -0.4 is 0 Å². The van der Waals surface area contributed by atoms with E-state index in [-0.39, 0.29) is 30.4 Å². The molecule has 2 rings (SSSR count). The predicted octanol–water partition coefficient (Wildman–Crippen LogP) is 3.68. The molecule has 1 heterocycles. The second kappa shape index (κ2) is 10.4. The minimum Gasteiger partial charge on any atom is -0.511 e. The number of Topliss-reactive ketones (excluding diaryl/α,β-unsaturated/α-hetero) is 1. The number of oxime groups is 1. The lowest BCUT2D eigenvalue weighted by molar-refractivity contribution is -0.182. The van der Waals surface area contributed by atoms with E-state index < -0.39 is 0 Å². The quantitative estimate of drug-likeness (QED) is 0.297. The van der Waals surface area contributed by atoms with Crippen molar-refractivity contribution in [2.24, 2.45) is 11.1 Å². The Balaban J connectivity index is 1.98. The molecule has 0 spiro atoms. The van der Waals surface area contributed by atoms with Gasteiger partial charge in [0.2, 0.25) is 0 Å². The fourth-order valence-corrected chi connectivity index (χ4v) is 3.20. The number of hydrogen-bond acceptors (Lipinski definition) is 6. The predicted molar refractivity (Wildman–Crippen MR) is 95.4 cm³/mol. The van der Waals surface area contributed by atoms with Gasteiger partial charge in [0, 0.05) is 12.8 Å². The summed E-state index contributed by atoms with van der Waals surface area (Å²) in [5.41, 5.74) is 0.872. The Kier molecular flexibility index (Phi) is 8.15.